The van der Waals surface area contributed by atoms with Gasteiger partial charge >= 0.3 is 0 Å². The minimum Gasteiger partial charge on any atom is -0.399 e. The molecule has 0 aliphatic carbocycles. The van der Waals surface area contributed by atoms with E-state index in [4.69, 9.17) is 5.73 Å². The van der Waals surface area contributed by atoms with Gasteiger partial charge < -0.3 is 26.6 Å². The van der Waals surface area contributed by atoms with Crippen LogP contribution in [0.2, 0.25) is 0 Å². The lowest BCUT2D eigenvalue weighted by Crippen LogP contribution is -2.42. The average Bonchev–Trinajstić information content (AvgIpc) is 2.83. The summed E-state index contributed by atoms with van der Waals surface area (Å²) in [5.41, 5.74) is 7.01. The smallest absolute Gasteiger partial charge is 0.166 e. The number of anilines is 2. The number of rotatable bonds is 14. The molecule has 208 valence electrons. The van der Waals surface area contributed by atoms with Crippen LogP contribution in [-0.2, 0) is 0 Å². The molecule has 0 saturated heterocycles. The first-order valence-electron chi connectivity index (χ1n) is 13.7. The van der Waals surface area contributed by atoms with Crippen molar-refractivity contribution < 1.29 is 8.78 Å². The number of hydrogen-bond acceptors (Lipinski definition) is 6. The highest BCUT2D eigenvalue weighted by atomic mass is 19.1. The van der Waals surface area contributed by atoms with E-state index in [1.54, 1.807) is 0 Å². The standard InChI is InChI=1S/C29H48F2N6/c1-10-13-14-15-37(12-3)28-23(31)17-24(20(7)33-28)34-26-21(19(6)32)16-22(30)27(36-26)35-25(18(4)5)29(8,9)11-2/h16-18,20,25,33H,6,10-15,32H2,1-5,7-9H3,(H2,34,35,36). The lowest BCUT2D eigenvalue weighted by Gasteiger charge is -2.37. The van der Waals surface area contributed by atoms with Crippen molar-refractivity contribution in [1.29, 1.82) is 0 Å². The summed E-state index contributed by atoms with van der Waals surface area (Å²) >= 11 is 0. The number of nitrogens with two attached hydrogens (primary N) is 1. The molecule has 1 aliphatic heterocycles. The predicted molar refractivity (Wildman–Crippen MR) is 153 cm³/mol. The normalized spacial score (nSPS) is 16.8. The van der Waals surface area contributed by atoms with Crippen molar-refractivity contribution in [2.24, 2.45) is 17.1 Å². The van der Waals surface area contributed by atoms with Crippen LogP contribution in [0.4, 0.5) is 20.4 Å². The van der Waals surface area contributed by atoms with E-state index in [9.17, 15) is 0 Å². The van der Waals surface area contributed by atoms with E-state index in [1.165, 1.54) is 12.1 Å². The van der Waals surface area contributed by atoms with Crippen LogP contribution in [-0.4, -0.2) is 35.1 Å². The quantitative estimate of drug-likeness (QED) is 0.199. The molecule has 0 saturated carbocycles. The fourth-order valence-electron chi connectivity index (χ4n) is 4.75. The van der Waals surface area contributed by atoms with Crippen LogP contribution in [0.3, 0.4) is 0 Å². The molecule has 5 N–H and O–H groups in total. The Bertz CT molecular complexity index is 998. The number of hydrogen-bond donors (Lipinski definition) is 4. The molecule has 1 aromatic heterocycles. The second kappa shape index (κ2) is 13.2. The Hall–Kier alpha value is -2.77. The zero-order chi connectivity index (χ0) is 27.9. The second-order valence-corrected chi connectivity index (χ2v) is 11.0. The van der Waals surface area contributed by atoms with Crippen molar-refractivity contribution in [2.45, 2.75) is 93.2 Å². The molecule has 0 amide bonds. The van der Waals surface area contributed by atoms with E-state index in [0.29, 0.717) is 29.4 Å². The summed E-state index contributed by atoms with van der Waals surface area (Å²) in [5, 5.41) is 9.84. The third-order valence-corrected chi connectivity index (χ3v) is 7.35. The van der Waals surface area contributed by atoms with Gasteiger partial charge in [0.2, 0.25) is 0 Å². The van der Waals surface area contributed by atoms with Crippen LogP contribution in [0.1, 0.15) is 86.6 Å². The van der Waals surface area contributed by atoms with Crippen molar-refractivity contribution in [3.05, 3.63) is 47.4 Å². The molecule has 37 heavy (non-hydrogen) atoms. The Kier molecular flexibility index (Phi) is 10.8. The summed E-state index contributed by atoms with van der Waals surface area (Å²) in [6.45, 7) is 22.1. The van der Waals surface area contributed by atoms with Crippen LogP contribution < -0.4 is 21.7 Å². The molecule has 8 heteroatoms. The first-order valence-corrected chi connectivity index (χ1v) is 13.7. The van der Waals surface area contributed by atoms with Gasteiger partial charge in [0.15, 0.2) is 17.5 Å². The molecule has 0 aromatic carbocycles. The zero-order valence-corrected chi connectivity index (χ0v) is 24.1. The maximum Gasteiger partial charge on any atom is 0.166 e. The number of pyridine rings is 1. The first-order chi connectivity index (χ1) is 17.4. The molecule has 0 fully saturated rings. The minimum atomic E-state index is -0.507. The average molecular weight is 519 g/mol. The molecule has 2 heterocycles. The molecule has 2 rings (SSSR count). The minimum absolute atomic E-state index is 0.00978. The second-order valence-electron chi connectivity index (χ2n) is 11.0. The lowest BCUT2D eigenvalue weighted by molar-refractivity contribution is 0.241. The highest BCUT2D eigenvalue weighted by molar-refractivity contribution is 5.74. The third kappa shape index (κ3) is 7.62. The predicted octanol–water partition coefficient (Wildman–Crippen LogP) is 6.96. The number of halogens is 2. The highest BCUT2D eigenvalue weighted by Gasteiger charge is 2.32. The maximum atomic E-state index is 15.3. The maximum absolute atomic E-state index is 15.3. The molecule has 0 spiro atoms. The fraction of sp³-hybridized carbons (Fsp3) is 0.621. The van der Waals surface area contributed by atoms with Crippen molar-refractivity contribution in [3.8, 4) is 0 Å². The summed E-state index contributed by atoms with van der Waals surface area (Å²) in [4.78, 5) is 6.61. The van der Waals surface area contributed by atoms with Crippen molar-refractivity contribution in [1.82, 2.24) is 15.2 Å². The fourth-order valence-corrected chi connectivity index (χ4v) is 4.75. The number of unbranched alkanes of at least 4 members (excludes halogenated alkanes) is 2. The Morgan fingerprint density at radius 1 is 1.22 bits per heavy atom. The summed E-state index contributed by atoms with van der Waals surface area (Å²) < 4.78 is 30.5. The summed E-state index contributed by atoms with van der Waals surface area (Å²) in [5.74, 6) is 0.355. The number of nitrogens with zero attached hydrogens (tertiary/aromatic N) is 2. The molecule has 2 unspecified atom stereocenters. The van der Waals surface area contributed by atoms with Crippen LogP contribution in [0.25, 0.3) is 5.70 Å². The lowest BCUT2D eigenvalue weighted by atomic mass is 9.76. The van der Waals surface area contributed by atoms with Crippen LogP contribution >= 0.6 is 0 Å². The molecule has 2 atom stereocenters. The van der Waals surface area contributed by atoms with E-state index >= 15 is 8.78 Å². The number of nitrogens with one attached hydrogen (secondary N) is 3. The Labute approximate surface area is 222 Å². The third-order valence-electron chi connectivity index (χ3n) is 7.35. The van der Waals surface area contributed by atoms with Gasteiger partial charge in [0.1, 0.15) is 11.6 Å². The Morgan fingerprint density at radius 3 is 2.43 bits per heavy atom. The van der Waals surface area contributed by atoms with Gasteiger partial charge in [-0.15, -0.1) is 0 Å². The number of allylic oxidation sites excluding steroid dienone is 2. The first kappa shape index (κ1) is 30.5. The Morgan fingerprint density at radius 2 is 1.89 bits per heavy atom. The molecule has 6 nitrogen and oxygen atoms in total. The largest absolute Gasteiger partial charge is 0.399 e. The van der Waals surface area contributed by atoms with Crippen molar-refractivity contribution in [3.63, 3.8) is 0 Å². The van der Waals surface area contributed by atoms with Gasteiger partial charge in [0.05, 0.1) is 6.04 Å². The van der Waals surface area contributed by atoms with E-state index in [1.807, 2.05) is 18.7 Å². The van der Waals surface area contributed by atoms with Gasteiger partial charge in [-0.1, -0.05) is 61.0 Å². The topological polar surface area (TPSA) is 78.2 Å². The Balaban J connectivity index is 2.43. The van der Waals surface area contributed by atoms with Crippen LogP contribution in [0, 0.1) is 17.2 Å². The van der Waals surface area contributed by atoms with Gasteiger partial charge in [-0.3, -0.25) is 0 Å². The van der Waals surface area contributed by atoms with E-state index in [2.05, 4.69) is 69.1 Å². The van der Waals surface area contributed by atoms with E-state index < -0.39 is 5.82 Å². The highest BCUT2D eigenvalue weighted by Crippen LogP contribution is 2.34. The van der Waals surface area contributed by atoms with Crippen molar-refractivity contribution >= 4 is 17.3 Å². The number of aromatic nitrogens is 1. The van der Waals surface area contributed by atoms with Gasteiger partial charge in [0, 0.05) is 36.1 Å². The zero-order valence-electron chi connectivity index (χ0n) is 24.1. The van der Waals surface area contributed by atoms with E-state index in [-0.39, 0.29) is 40.8 Å². The molecular formula is C29H48F2N6. The molecule has 1 aromatic rings. The van der Waals surface area contributed by atoms with E-state index in [0.717, 1.165) is 32.2 Å². The van der Waals surface area contributed by atoms with Gasteiger partial charge in [-0.25, -0.2) is 13.8 Å². The summed E-state index contributed by atoms with van der Waals surface area (Å²) in [6, 6.07) is 1.10. The molecular weight excluding hydrogens is 470 g/mol. The van der Waals surface area contributed by atoms with Crippen LogP contribution in [0.5, 0.6) is 0 Å². The monoisotopic (exact) mass is 518 g/mol. The van der Waals surface area contributed by atoms with Crippen LogP contribution in [0.15, 0.2) is 36.1 Å². The number of dihydropyridines is 1. The molecule has 0 radical (unpaired) electrons. The SMILES string of the molecule is C=C(N)c1cc(F)c(NC(C(C)C)C(C)(C)CC)nc1NC1=CC(F)=C(N(CC)CCCCC)NC1C. The molecule has 0 bridgehead atoms. The summed E-state index contributed by atoms with van der Waals surface area (Å²) in [6.07, 6.45) is 5.63. The van der Waals surface area contributed by atoms with Gasteiger partial charge in [-0.05, 0) is 50.2 Å². The summed E-state index contributed by atoms with van der Waals surface area (Å²) in [7, 11) is 0. The van der Waals surface area contributed by atoms with Gasteiger partial charge in [-0.2, -0.15) is 0 Å². The van der Waals surface area contributed by atoms with Crippen molar-refractivity contribution in [2.75, 3.05) is 23.7 Å². The van der Waals surface area contributed by atoms with Gasteiger partial charge in [0.25, 0.3) is 0 Å². The molecule has 1 aliphatic rings.